The van der Waals surface area contributed by atoms with Gasteiger partial charge in [0, 0.05) is 24.3 Å². The summed E-state index contributed by atoms with van der Waals surface area (Å²) >= 11 is 0. The van der Waals surface area contributed by atoms with Crippen molar-refractivity contribution in [1.82, 2.24) is 9.55 Å². The Bertz CT molecular complexity index is 587. The smallest absolute Gasteiger partial charge is 0.0669 e. The van der Waals surface area contributed by atoms with Gasteiger partial charge in [-0.2, -0.15) is 0 Å². The molecule has 1 atom stereocenters. The molecule has 0 radical (unpaired) electrons. The Morgan fingerprint density at radius 3 is 2.83 bits per heavy atom. The first-order chi connectivity index (χ1) is 8.48. The Morgan fingerprint density at radius 1 is 1.33 bits per heavy atom. The van der Waals surface area contributed by atoms with Crippen LogP contribution >= 0.6 is 0 Å². The molecule has 2 aromatic heterocycles. The molecule has 18 heavy (non-hydrogen) atoms. The van der Waals surface area contributed by atoms with Gasteiger partial charge in [0.1, 0.15) is 0 Å². The first kappa shape index (κ1) is 11.8. The highest BCUT2D eigenvalue weighted by molar-refractivity contribution is 5.85. The van der Waals surface area contributed by atoms with E-state index in [-0.39, 0.29) is 0 Å². The van der Waals surface area contributed by atoms with Crippen molar-refractivity contribution in [2.45, 2.75) is 40.0 Å². The molecule has 1 unspecified atom stereocenters. The minimum atomic E-state index is 0.410. The van der Waals surface area contributed by atoms with Crippen molar-refractivity contribution >= 4 is 10.9 Å². The van der Waals surface area contributed by atoms with E-state index in [2.05, 4.69) is 43.4 Å². The van der Waals surface area contributed by atoms with E-state index in [1.807, 2.05) is 12.4 Å². The normalized spacial score (nSPS) is 20.1. The highest BCUT2D eigenvalue weighted by Crippen LogP contribution is 2.40. The van der Waals surface area contributed by atoms with Crippen molar-refractivity contribution in [3.05, 3.63) is 29.7 Å². The van der Waals surface area contributed by atoms with E-state index in [1.165, 1.54) is 35.9 Å². The van der Waals surface area contributed by atoms with E-state index in [1.54, 1.807) is 5.56 Å². The van der Waals surface area contributed by atoms with E-state index in [4.69, 9.17) is 0 Å². The van der Waals surface area contributed by atoms with Gasteiger partial charge in [0.2, 0.25) is 0 Å². The number of pyridine rings is 1. The first-order valence-electron chi connectivity index (χ1n) is 6.88. The van der Waals surface area contributed by atoms with Gasteiger partial charge < -0.3 is 4.57 Å². The summed E-state index contributed by atoms with van der Waals surface area (Å²) in [7, 11) is 2.18. The van der Waals surface area contributed by atoms with E-state index >= 15 is 0 Å². The van der Waals surface area contributed by atoms with Crippen LogP contribution in [0.5, 0.6) is 0 Å². The molecule has 2 nitrogen and oxygen atoms in total. The van der Waals surface area contributed by atoms with Gasteiger partial charge in [0.15, 0.2) is 0 Å². The Hall–Kier alpha value is -1.31. The lowest BCUT2D eigenvalue weighted by Crippen LogP contribution is -2.27. The first-order valence-corrected chi connectivity index (χ1v) is 6.88. The summed E-state index contributed by atoms with van der Waals surface area (Å²) in [6, 6.07) is 2.18. The maximum Gasteiger partial charge on any atom is 0.0669 e. The van der Waals surface area contributed by atoms with Crippen molar-refractivity contribution in [2.75, 3.05) is 0 Å². The number of nitrogens with zero attached hydrogens (tertiary/aromatic N) is 2. The van der Waals surface area contributed by atoms with Crippen LogP contribution in [0.4, 0.5) is 0 Å². The van der Waals surface area contributed by atoms with Crippen LogP contribution in [0.1, 0.15) is 38.4 Å². The van der Waals surface area contributed by atoms with E-state index in [9.17, 15) is 0 Å². The Labute approximate surface area is 109 Å². The molecule has 0 N–H and O–H groups in total. The second kappa shape index (κ2) is 3.84. The van der Waals surface area contributed by atoms with E-state index < -0.39 is 0 Å². The van der Waals surface area contributed by atoms with Crippen molar-refractivity contribution in [3.8, 4) is 0 Å². The fraction of sp³-hybridized carbons (Fsp3) is 0.562. The van der Waals surface area contributed by atoms with Crippen LogP contribution in [-0.2, 0) is 19.9 Å². The number of hydrogen-bond acceptors (Lipinski definition) is 1. The molecule has 0 bridgehead atoms. The zero-order valence-electron chi connectivity index (χ0n) is 11.8. The molecule has 1 aliphatic carbocycles. The third kappa shape index (κ3) is 1.66. The van der Waals surface area contributed by atoms with Gasteiger partial charge in [-0.3, -0.25) is 4.98 Å². The molecule has 0 saturated heterocycles. The quantitative estimate of drug-likeness (QED) is 0.688. The fourth-order valence-electron chi connectivity index (χ4n) is 3.36. The molecule has 1 aliphatic rings. The zero-order chi connectivity index (χ0) is 12.9. The Kier molecular flexibility index (Phi) is 2.51. The van der Waals surface area contributed by atoms with Crippen LogP contribution in [0.25, 0.3) is 10.9 Å². The average Bonchev–Trinajstić information content (AvgIpc) is 2.63. The summed E-state index contributed by atoms with van der Waals surface area (Å²) in [5.41, 5.74) is 4.80. The van der Waals surface area contributed by atoms with Crippen molar-refractivity contribution in [3.63, 3.8) is 0 Å². The SMILES string of the molecule is Cn1c2c(c3ccncc31)CC(C(C)(C)C)CC2. The number of fused-ring (bicyclic) bond motifs is 3. The van der Waals surface area contributed by atoms with Crippen LogP contribution in [0, 0.1) is 11.3 Å². The molecule has 0 amide bonds. The highest BCUT2D eigenvalue weighted by Gasteiger charge is 2.31. The van der Waals surface area contributed by atoms with Crippen molar-refractivity contribution in [1.29, 1.82) is 0 Å². The van der Waals surface area contributed by atoms with Gasteiger partial charge in [-0.15, -0.1) is 0 Å². The minimum absolute atomic E-state index is 0.410. The zero-order valence-corrected chi connectivity index (χ0v) is 11.8. The van der Waals surface area contributed by atoms with Gasteiger partial charge in [0.25, 0.3) is 0 Å². The summed E-state index contributed by atoms with van der Waals surface area (Å²) in [6.07, 6.45) is 7.67. The van der Waals surface area contributed by atoms with Crippen LogP contribution in [0.3, 0.4) is 0 Å². The Balaban J connectivity index is 2.13. The lowest BCUT2D eigenvalue weighted by molar-refractivity contribution is 0.215. The van der Waals surface area contributed by atoms with Gasteiger partial charge >= 0.3 is 0 Å². The molecule has 0 fully saturated rings. The average molecular weight is 242 g/mol. The fourth-order valence-corrected chi connectivity index (χ4v) is 3.36. The van der Waals surface area contributed by atoms with Gasteiger partial charge in [-0.05, 0) is 42.2 Å². The molecule has 0 saturated carbocycles. The summed E-state index contributed by atoms with van der Waals surface area (Å²) in [5, 5.41) is 1.41. The number of aryl methyl sites for hydroxylation is 1. The molecule has 2 aromatic rings. The summed E-state index contributed by atoms with van der Waals surface area (Å²) in [5.74, 6) is 0.795. The number of aromatic nitrogens is 2. The topological polar surface area (TPSA) is 17.8 Å². The molecule has 2 heterocycles. The lowest BCUT2D eigenvalue weighted by Gasteiger charge is -2.34. The summed E-state index contributed by atoms with van der Waals surface area (Å²) < 4.78 is 2.34. The molecule has 0 aliphatic heterocycles. The summed E-state index contributed by atoms with van der Waals surface area (Å²) in [6.45, 7) is 7.11. The predicted molar refractivity (Wildman–Crippen MR) is 75.7 cm³/mol. The van der Waals surface area contributed by atoms with Crippen molar-refractivity contribution in [2.24, 2.45) is 18.4 Å². The van der Waals surface area contributed by atoms with Crippen LogP contribution < -0.4 is 0 Å². The largest absolute Gasteiger partial charge is 0.346 e. The minimum Gasteiger partial charge on any atom is -0.346 e. The molecule has 0 spiro atoms. The van der Waals surface area contributed by atoms with Crippen LogP contribution in [-0.4, -0.2) is 9.55 Å². The van der Waals surface area contributed by atoms with Crippen LogP contribution in [0.2, 0.25) is 0 Å². The van der Waals surface area contributed by atoms with Gasteiger partial charge in [0.05, 0.1) is 11.7 Å². The molecular formula is C16H22N2. The third-order valence-electron chi connectivity index (χ3n) is 4.64. The van der Waals surface area contributed by atoms with E-state index in [0.29, 0.717) is 5.41 Å². The number of hydrogen-bond donors (Lipinski definition) is 0. The molecule has 3 rings (SSSR count). The maximum atomic E-state index is 4.26. The predicted octanol–water partition coefficient (Wildman–Crippen LogP) is 3.72. The van der Waals surface area contributed by atoms with Crippen molar-refractivity contribution < 1.29 is 0 Å². The highest BCUT2D eigenvalue weighted by atomic mass is 15.0. The molecule has 96 valence electrons. The second-order valence-corrected chi connectivity index (χ2v) is 6.68. The monoisotopic (exact) mass is 242 g/mol. The van der Waals surface area contributed by atoms with Gasteiger partial charge in [-0.1, -0.05) is 20.8 Å². The standard InChI is InChI=1S/C16H22N2/c1-16(2,3)11-5-6-14-13(9-11)12-7-8-17-10-15(12)18(14)4/h7-8,10-11H,5-6,9H2,1-4H3. The number of rotatable bonds is 0. The van der Waals surface area contributed by atoms with Crippen LogP contribution in [0.15, 0.2) is 18.5 Å². The second-order valence-electron chi connectivity index (χ2n) is 6.68. The van der Waals surface area contributed by atoms with E-state index in [0.717, 1.165) is 5.92 Å². The Morgan fingerprint density at radius 2 is 2.11 bits per heavy atom. The molecule has 0 aromatic carbocycles. The van der Waals surface area contributed by atoms with Gasteiger partial charge in [-0.25, -0.2) is 0 Å². The lowest BCUT2D eigenvalue weighted by atomic mass is 9.71. The molecular weight excluding hydrogens is 220 g/mol. The molecule has 2 heteroatoms. The third-order valence-corrected chi connectivity index (χ3v) is 4.64. The maximum absolute atomic E-state index is 4.26. The summed E-state index contributed by atoms with van der Waals surface area (Å²) in [4.78, 5) is 4.26.